The van der Waals surface area contributed by atoms with Gasteiger partial charge in [-0.25, -0.2) is 8.42 Å². The molecule has 1 saturated heterocycles. The van der Waals surface area contributed by atoms with E-state index in [1.807, 2.05) is 32.0 Å². The Labute approximate surface area is 188 Å². The summed E-state index contributed by atoms with van der Waals surface area (Å²) in [7, 11) is -3.87. The number of hydrogen-bond acceptors (Lipinski definition) is 5. The maximum atomic E-state index is 13.3. The van der Waals surface area contributed by atoms with Crippen LogP contribution in [0.3, 0.4) is 0 Å². The van der Waals surface area contributed by atoms with Crippen LogP contribution in [0.1, 0.15) is 42.7 Å². The van der Waals surface area contributed by atoms with Gasteiger partial charge in [0.05, 0.1) is 29.5 Å². The summed E-state index contributed by atoms with van der Waals surface area (Å²) in [5.41, 5.74) is 1.10. The highest BCUT2D eigenvalue weighted by Crippen LogP contribution is 2.32. The number of carbonyl (C=O) groups is 1. The SMILES string of the molecule is CC1CN(S(=O)(=O)c2cc(C(=O)N(Cc3ccccn3)C3CC3)ccc2Cl)CC(C)O1. The summed E-state index contributed by atoms with van der Waals surface area (Å²) in [6, 6.07) is 10.2. The van der Waals surface area contributed by atoms with Crippen molar-refractivity contribution >= 4 is 27.5 Å². The lowest BCUT2D eigenvalue weighted by molar-refractivity contribution is -0.0440. The highest BCUT2D eigenvalue weighted by Gasteiger charge is 2.36. The summed E-state index contributed by atoms with van der Waals surface area (Å²) in [5, 5.41) is 0.103. The topological polar surface area (TPSA) is 79.8 Å². The zero-order valence-corrected chi connectivity index (χ0v) is 19.1. The molecule has 0 spiro atoms. The van der Waals surface area contributed by atoms with Crippen molar-refractivity contribution in [2.45, 2.75) is 56.4 Å². The molecule has 2 aromatic rings. The number of ether oxygens (including phenoxy) is 1. The maximum Gasteiger partial charge on any atom is 0.254 e. The number of nitrogens with zero attached hydrogens (tertiary/aromatic N) is 3. The summed E-state index contributed by atoms with van der Waals surface area (Å²) < 4.78 is 33.7. The number of amides is 1. The van der Waals surface area contributed by atoms with Gasteiger partial charge >= 0.3 is 0 Å². The third-order valence-electron chi connectivity index (χ3n) is 5.49. The third-order valence-corrected chi connectivity index (χ3v) is 7.80. The predicted molar refractivity (Wildman–Crippen MR) is 117 cm³/mol. The van der Waals surface area contributed by atoms with Crippen LogP contribution < -0.4 is 0 Å². The molecule has 9 heteroatoms. The lowest BCUT2D eigenvalue weighted by Gasteiger charge is -2.34. The van der Waals surface area contributed by atoms with Gasteiger partial charge in [-0.3, -0.25) is 9.78 Å². The molecule has 1 amide bonds. The number of morpholine rings is 1. The Bertz CT molecular complexity index is 1050. The number of pyridine rings is 1. The molecule has 2 atom stereocenters. The molecule has 0 radical (unpaired) electrons. The van der Waals surface area contributed by atoms with Crippen LogP contribution in [0, 0.1) is 0 Å². The molecule has 2 unspecified atom stereocenters. The van der Waals surface area contributed by atoms with E-state index < -0.39 is 10.0 Å². The Hall–Kier alpha value is -2.00. The van der Waals surface area contributed by atoms with Crippen LogP contribution in [0.5, 0.6) is 0 Å². The summed E-state index contributed by atoms with van der Waals surface area (Å²) >= 11 is 6.29. The Morgan fingerprint density at radius 2 is 1.90 bits per heavy atom. The smallest absolute Gasteiger partial charge is 0.254 e. The quantitative estimate of drug-likeness (QED) is 0.656. The van der Waals surface area contributed by atoms with Gasteiger partial charge in [0.15, 0.2) is 0 Å². The average molecular weight is 464 g/mol. The fourth-order valence-corrected chi connectivity index (χ4v) is 5.98. The summed E-state index contributed by atoms with van der Waals surface area (Å²) in [6.45, 7) is 4.55. The van der Waals surface area contributed by atoms with Gasteiger partial charge < -0.3 is 9.64 Å². The van der Waals surface area contributed by atoms with Gasteiger partial charge in [0, 0.05) is 30.9 Å². The first-order valence-electron chi connectivity index (χ1n) is 10.4. The van der Waals surface area contributed by atoms with Gasteiger partial charge in [0.1, 0.15) is 4.90 Å². The molecule has 7 nitrogen and oxygen atoms in total. The first-order valence-corrected chi connectivity index (χ1v) is 12.2. The number of benzene rings is 1. The van der Waals surface area contributed by atoms with E-state index in [9.17, 15) is 13.2 Å². The second-order valence-corrected chi connectivity index (χ2v) is 10.5. The van der Waals surface area contributed by atoms with E-state index >= 15 is 0 Å². The predicted octanol–water partition coefficient (Wildman–Crippen LogP) is 3.34. The van der Waals surface area contributed by atoms with Crippen molar-refractivity contribution in [3.63, 3.8) is 0 Å². The van der Waals surface area contributed by atoms with Crippen molar-refractivity contribution in [1.29, 1.82) is 0 Å². The van der Waals surface area contributed by atoms with E-state index in [0.29, 0.717) is 12.1 Å². The molecule has 1 aliphatic carbocycles. The number of halogens is 1. The monoisotopic (exact) mass is 463 g/mol. The maximum absolute atomic E-state index is 13.3. The van der Waals surface area contributed by atoms with Crippen molar-refractivity contribution in [2.24, 2.45) is 0 Å². The highest BCUT2D eigenvalue weighted by molar-refractivity contribution is 7.89. The van der Waals surface area contributed by atoms with Crippen LogP contribution in [0.25, 0.3) is 0 Å². The van der Waals surface area contributed by atoms with E-state index in [-0.39, 0.29) is 47.2 Å². The van der Waals surface area contributed by atoms with Crippen LogP contribution in [0.4, 0.5) is 0 Å². The Morgan fingerprint density at radius 3 is 2.52 bits per heavy atom. The zero-order valence-electron chi connectivity index (χ0n) is 17.6. The minimum absolute atomic E-state index is 0.0464. The lowest BCUT2D eigenvalue weighted by Crippen LogP contribution is -2.48. The van der Waals surface area contributed by atoms with Gasteiger partial charge in [0.2, 0.25) is 10.0 Å². The molecule has 4 rings (SSSR count). The largest absolute Gasteiger partial charge is 0.373 e. The van der Waals surface area contributed by atoms with E-state index in [1.54, 1.807) is 17.2 Å². The van der Waals surface area contributed by atoms with Crippen LogP contribution in [-0.2, 0) is 21.3 Å². The first kappa shape index (κ1) is 22.2. The molecule has 31 heavy (non-hydrogen) atoms. The summed E-state index contributed by atoms with van der Waals surface area (Å²) in [6.07, 6.45) is 3.13. The first-order chi connectivity index (χ1) is 14.8. The Morgan fingerprint density at radius 1 is 1.19 bits per heavy atom. The zero-order chi connectivity index (χ0) is 22.2. The molecule has 1 aromatic carbocycles. The highest BCUT2D eigenvalue weighted by atomic mass is 35.5. The lowest BCUT2D eigenvalue weighted by atomic mass is 10.2. The van der Waals surface area contributed by atoms with E-state index in [1.165, 1.54) is 16.4 Å². The third kappa shape index (κ3) is 4.92. The number of sulfonamides is 1. The van der Waals surface area contributed by atoms with E-state index in [0.717, 1.165) is 18.5 Å². The molecule has 2 fully saturated rings. The molecule has 2 aliphatic rings. The molecule has 1 aliphatic heterocycles. The van der Waals surface area contributed by atoms with E-state index in [2.05, 4.69) is 4.98 Å². The van der Waals surface area contributed by atoms with Crippen molar-refractivity contribution in [3.8, 4) is 0 Å². The standard InChI is InChI=1S/C22H26ClN3O4S/c1-15-12-25(13-16(2)30-15)31(28,29)21-11-17(6-9-20(21)23)22(27)26(19-7-8-19)14-18-5-3-4-10-24-18/h3-6,9-11,15-16,19H,7-8,12-14H2,1-2H3. The summed E-state index contributed by atoms with van der Waals surface area (Å²) in [5.74, 6) is -0.218. The van der Waals surface area contributed by atoms with Gasteiger partial charge in [0.25, 0.3) is 5.91 Å². The van der Waals surface area contributed by atoms with Crippen molar-refractivity contribution in [2.75, 3.05) is 13.1 Å². The minimum Gasteiger partial charge on any atom is -0.373 e. The molecule has 2 heterocycles. The minimum atomic E-state index is -3.87. The van der Waals surface area contributed by atoms with Crippen molar-refractivity contribution in [1.82, 2.24) is 14.2 Å². The molecular weight excluding hydrogens is 438 g/mol. The molecule has 1 saturated carbocycles. The van der Waals surface area contributed by atoms with Gasteiger partial charge in [-0.1, -0.05) is 17.7 Å². The van der Waals surface area contributed by atoms with Crippen molar-refractivity contribution in [3.05, 3.63) is 58.9 Å². The van der Waals surface area contributed by atoms with Crippen molar-refractivity contribution < 1.29 is 17.9 Å². The second kappa shape index (κ2) is 8.86. The molecule has 1 aromatic heterocycles. The normalized spacial score (nSPS) is 22.3. The molecule has 0 bridgehead atoms. The van der Waals surface area contributed by atoms with Crippen LogP contribution in [-0.4, -0.2) is 59.9 Å². The summed E-state index contributed by atoms with van der Waals surface area (Å²) in [4.78, 5) is 19.4. The number of hydrogen-bond donors (Lipinski definition) is 0. The molecule has 0 N–H and O–H groups in total. The fourth-order valence-electron chi connectivity index (χ4n) is 3.89. The Balaban J connectivity index is 1.63. The second-order valence-electron chi connectivity index (χ2n) is 8.21. The average Bonchev–Trinajstić information content (AvgIpc) is 3.57. The van der Waals surface area contributed by atoms with E-state index in [4.69, 9.17) is 16.3 Å². The molecular formula is C22H26ClN3O4S. The van der Waals surface area contributed by atoms with Gasteiger partial charge in [-0.05, 0) is 57.0 Å². The molecule has 166 valence electrons. The number of rotatable bonds is 6. The fraction of sp³-hybridized carbons (Fsp3) is 0.455. The van der Waals surface area contributed by atoms with Crippen LogP contribution in [0.15, 0.2) is 47.5 Å². The van der Waals surface area contributed by atoms with Gasteiger partial charge in [-0.15, -0.1) is 0 Å². The number of carbonyl (C=O) groups excluding carboxylic acids is 1. The van der Waals surface area contributed by atoms with Gasteiger partial charge in [-0.2, -0.15) is 4.31 Å². The van der Waals surface area contributed by atoms with Crippen LogP contribution in [0.2, 0.25) is 5.02 Å². The Kier molecular flexibility index (Phi) is 6.35. The number of aromatic nitrogens is 1. The van der Waals surface area contributed by atoms with Crippen LogP contribution >= 0.6 is 11.6 Å².